The van der Waals surface area contributed by atoms with Crippen LogP contribution in [0.2, 0.25) is 0 Å². The Hall–Kier alpha value is -1.92. The first-order chi connectivity index (χ1) is 11.0. The Morgan fingerprint density at radius 3 is 2.21 bits per heavy atom. The number of hydrogen-bond donors (Lipinski definition) is 0. The van der Waals surface area contributed by atoms with Crippen molar-refractivity contribution in [3.05, 3.63) is 53.1 Å². The molecular weight excluding hydrogens is 332 g/mol. The lowest BCUT2D eigenvalue weighted by atomic mass is 9.87. The average molecular weight is 347 g/mol. The van der Waals surface area contributed by atoms with Gasteiger partial charge in [0.15, 0.2) is 0 Å². The summed E-state index contributed by atoms with van der Waals surface area (Å²) in [5.41, 5.74) is -0.827. The second-order valence-electron chi connectivity index (χ2n) is 6.27. The number of rotatable bonds is 1. The van der Waals surface area contributed by atoms with E-state index in [1.54, 1.807) is 0 Å². The Balaban J connectivity index is 2.14. The molecule has 7 heteroatoms. The minimum absolute atomic E-state index is 0.0547. The summed E-state index contributed by atoms with van der Waals surface area (Å²) >= 11 is 0. The molecule has 1 nitrogen and oxygen atoms in total. The van der Waals surface area contributed by atoms with Crippen molar-refractivity contribution in [2.24, 2.45) is 0 Å². The van der Waals surface area contributed by atoms with E-state index >= 15 is 0 Å². The van der Waals surface area contributed by atoms with Crippen LogP contribution in [-0.4, -0.2) is 18.3 Å². The molecule has 0 amide bonds. The van der Waals surface area contributed by atoms with Crippen LogP contribution in [0.5, 0.6) is 0 Å². The molecule has 0 saturated carbocycles. The molecule has 1 aliphatic carbocycles. The van der Waals surface area contributed by atoms with Crippen LogP contribution in [0.3, 0.4) is 0 Å². The van der Waals surface area contributed by atoms with Crippen molar-refractivity contribution >= 4 is 5.69 Å². The highest BCUT2D eigenvalue weighted by atomic mass is 19.4. The van der Waals surface area contributed by atoms with Crippen molar-refractivity contribution in [2.75, 3.05) is 4.90 Å². The summed E-state index contributed by atoms with van der Waals surface area (Å²) in [6.45, 7) is 3.72. The van der Waals surface area contributed by atoms with Crippen LogP contribution in [0.15, 0.2) is 42.0 Å². The molecule has 1 heterocycles. The van der Waals surface area contributed by atoms with E-state index in [1.807, 2.05) is 18.7 Å². The molecule has 0 saturated heterocycles. The van der Waals surface area contributed by atoms with Gasteiger partial charge in [0.1, 0.15) is 0 Å². The highest BCUT2D eigenvalue weighted by Crippen LogP contribution is 2.48. The standard InChI is InChI=1S/C17H15F6N/c1-9(2)24-14-5-3-10(16(18,19)20)7-12(14)13-8-11(17(21,22)23)4-6-15(13)24/h3-9,12,14H,1-2H3. The van der Waals surface area contributed by atoms with Gasteiger partial charge in [0.25, 0.3) is 0 Å². The fourth-order valence-electron chi connectivity index (χ4n) is 3.41. The summed E-state index contributed by atoms with van der Waals surface area (Å²) < 4.78 is 77.9. The Bertz CT molecular complexity index is 711. The van der Waals surface area contributed by atoms with E-state index in [2.05, 4.69) is 0 Å². The zero-order valence-electron chi connectivity index (χ0n) is 12.9. The summed E-state index contributed by atoms with van der Waals surface area (Å²) in [7, 11) is 0. The van der Waals surface area contributed by atoms with Crippen molar-refractivity contribution in [3.8, 4) is 0 Å². The van der Waals surface area contributed by atoms with E-state index in [9.17, 15) is 26.3 Å². The van der Waals surface area contributed by atoms with E-state index in [1.165, 1.54) is 12.1 Å². The Labute approximate surface area is 135 Å². The predicted molar refractivity (Wildman–Crippen MR) is 78.9 cm³/mol. The molecule has 0 aromatic heterocycles. The van der Waals surface area contributed by atoms with Crippen molar-refractivity contribution < 1.29 is 26.3 Å². The molecule has 1 aliphatic heterocycles. The van der Waals surface area contributed by atoms with Gasteiger partial charge in [-0.1, -0.05) is 18.2 Å². The zero-order chi connectivity index (χ0) is 17.9. The summed E-state index contributed by atoms with van der Waals surface area (Å²) in [6, 6.07) is 2.84. The van der Waals surface area contributed by atoms with E-state index in [-0.39, 0.29) is 11.6 Å². The monoisotopic (exact) mass is 347 g/mol. The van der Waals surface area contributed by atoms with Gasteiger partial charge in [-0.15, -0.1) is 0 Å². The molecule has 1 aromatic rings. The molecule has 0 radical (unpaired) electrons. The normalized spacial score (nSPS) is 23.4. The van der Waals surface area contributed by atoms with Gasteiger partial charge in [-0.2, -0.15) is 26.3 Å². The van der Waals surface area contributed by atoms with E-state index in [4.69, 9.17) is 0 Å². The minimum atomic E-state index is -4.53. The van der Waals surface area contributed by atoms with Crippen LogP contribution in [-0.2, 0) is 6.18 Å². The summed E-state index contributed by atoms with van der Waals surface area (Å²) in [6.07, 6.45) is -5.58. The van der Waals surface area contributed by atoms with Gasteiger partial charge in [0.2, 0.25) is 0 Å². The smallest absolute Gasteiger partial charge is 0.361 e. The maximum Gasteiger partial charge on any atom is 0.416 e. The molecule has 0 N–H and O–H groups in total. The lowest BCUT2D eigenvalue weighted by molar-refractivity contribution is -0.137. The lowest BCUT2D eigenvalue weighted by Gasteiger charge is -2.33. The van der Waals surface area contributed by atoms with Crippen LogP contribution in [0.25, 0.3) is 0 Å². The fraction of sp³-hybridized carbons (Fsp3) is 0.412. The third-order valence-electron chi connectivity index (χ3n) is 4.40. The van der Waals surface area contributed by atoms with E-state index in [0.29, 0.717) is 5.69 Å². The summed E-state index contributed by atoms with van der Waals surface area (Å²) in [4.78, 5) is 1.86. The topological polar surface area (TPSA) is 3.24 Å². The minimum Gasteiger partial charge on any atom is -0.361 e. The molecule has 2 atom stereocenters. The molecule has 1 aromatic carbocycles. The third kappa shape index (κ3) is 2.70. The Morgan fingerprint density at radius 1 is 1.00 bits per heavy atom. The number of alkyl halides is 6. The molecule has 130 valence electrons. The van der Waals surface area contributed by atoms with Crippen LogP contribution in [0, 0.1) is 0 Å². The van der Waals surface area contributed by atoms with Crippen LogP contribution < -0.4 is 4.90 Å². The number of benzene rings is 1. The first-order valence-corrected chi connectivity index (χ1v) is 7.47. The van der Waals surface area contributed by atoms with Gasteiger partial charge in [-0.25, -0.2) is 0 Å². The fourth-order valence-corrected chi connectivity index (χ4v) is 3.41. The average Bonchev–Trinajstić information content (AvgIpc) is 2.78. The highest BCUT2D eigenvalue weighted by molar-refractivity contribution is 5.67. The summed E-state index contributed by atoms with van der Waals surface area (Å²) in [5, 5.41) is 0. The first-order valence-electron chi connectivity index (χ1n) is 7.47. The van der Waals surface area contributed by atoms with Gasteiger partial charge in [0.05, 0.1) is 17.2 Å². The predicted octanol–water partition coefficient (Wildman–Crippen LogP) is 5.44. The number of anilines is 1. The van der Waals surface area contributed by atoms with Crippen molar-refractivity contribution in [1.29, 1.82) is 0 Å². The van der Waals surface area contributed by atoms with Crippen LogP contribution in [0.4, 0.5) is 32.0 Å². The SMILES string of the molecule is CC(C)N1c2ccc(C(F)(F)F)cc2C2C=C(C(F)(F)F)C=CC21. The van der Waals surface area contributed by atoms with Crippen LogP contribution >= 0.6 is 0 Å². The van der Waals surface area contributed by atoms with E-state index in [0.717, 1.165) is 24.3 Å². The Kier molecular flexibility index (Phi) is 3.73. The third-order valence-corrected chi connectivity index (χ3v) is 4.40. The molecular formula is C17H15F6N. The lowest BCUT2D eigenvalue weighted by Crippen LogP contribution is -2.38. The van der Waals surface area contributed by atoms with E-state index < -0.39 is 35.4 Å². The van der Waals surface area contributed by atoms with Gasteiger partial charge in [-0.05, 0) is 37.6 Å². The van der Waals surface area contributed by atoms with Gasteiger partial charge < -0.3 is 4.90 Å². The number of fused-ring (bicyclic) bond motifs is 3. The largest absolute Gasteiger partial charge is 0.416 e. The van der Waals surface area contributed by atoms with Crippen molar-refractivity contribution in [3.63, 3.8) is 0 Å². The number of halogens is 6. The summed E-state index contributed by atoms with van der Waals surface area (Å²) in [5.74, 6) is -0.744. The molecule has 2 unspecified atom stereocenters. The van der Waals surface area contributed by atoms with Gasteiger partial charge >= 0.3 is 12.4 Å². The molecule has 0 fully saturated rings. The second-order valence-corrected chi connectivity index (χ2v) is 6.27. The maximum atomic E-state index is 13.0. The second kappa shape index (κ2) is 5.29. The highest BCUT2D eigenvalue weighted by Gasteiger charge is 2.44. The van der Waals surface area contributed by atoms with Crippen molar-refractivity contribution in [2.45, 2.75) is 44.2 Å². The molecule has 2 aliphatic rings. The number of hydrogen-bond acceptors (Lipinski definition) is 1. The molecule has 0 bridgehead atoms. The zero-order valence-corrected chi connectivity index (χ0v) is 12.9. The van der Waals surface area contributed by atoms with Crippen LogP contribution in [0.1, 0.15) is 30.9 Å². The maximum absolute atomic E-state index is 13.0. The van der Waals surface area contributed by atoms with Gasteiger partial charge in [-0.3, -0.25) is 0 Å². The molecule has 0 spiro atoms. The number of allylic oxidation sites excluding steroid dienone is 2. The molecule has 3 rings (SSSR count). The van der Waals surface area contributed by atoms with Gasteiger partial charge in [0, 0.05) is 17.6 Å². The van der Waals surface area contributed by atoms with Crippen molar-refractivity contribution in [1.82, 2.24) is 0 Å². The quantitative estimate of drug-likeness (QED) is 0.611. The molecule has 24 heavy (non-hydrogen) atoms. The Morgan fingerprint density at radius 2 is 1.67 bits per heavy atom. The first kappa shape index (κ1) is 16.9. The number of nitrogens with zero attached hydrogens (tertiary/aromatic N) is 1.